The van der Waals surface area contributed by atoms with Gasteiger partial charge in [0.25, 0.3) is 5.91 Å². The number of nitrogens with zero attached hydrogens (tertiary/aromatic N) is 1. The van der Waals surface area contributed by atoms with E-state index in [1.165, 1.54) is 0 Å². The summed E-state index contributed by atoms with van der Waals surface area (Å²) in [5.74, 6) is -0.624. The van der Waals surface area contributed by atoms with E-state index in [0.717, 1.165) is 4.90 Å². The van der Waals surface area contributed by atoms with Crippen molar-refractivity contribution in [3.8, 4) is 0 Å². The van der Waals surface area contributed by atoms with Crippen molar-refractivity contribution in [2.45, 2.75) is 45.2 Å². The molecule has 4 amide bonds. The van der Waals surface area contributed by atoms with Crippen LogP contribution in [0.5, 0.6) is 0 Å². The van der Waals surface area contributed by atoms with E-state index >= 15 is 0 Å². The number of urea groups is 1. The second-order valence-electron chi connectivity index (χ2n) is 5.56. The Kier molecular flexibility index (Phi) is 5.50. The number of amides is 4. The second-order valence-corrected chi connectivity index (χ2v) is 5.56. The number of imide groups is 1. The highest BCUT2D eigenvalue weighted by Crippen LogP contribution is 2.11. The highest BCUT2D eigenvalue weighted by atomic mass is 16.5. The van der Waals surface area contributed by atoms with Gasteiger partial charge in [0.05, 0.1) is 18.6 Å². The molecule has 2 N–H and O–H groups in total. The zero-order valence-corrected chi connectivity index (χ0v) is 12.5. The van der Waals surface area contributed by atoms with E-state index in [1.54, 1.807) is 7.11 Å². The number of methoxy groups -OCH3 is 1. The number of carbonyl (C=O) groups is 3. The third-order valence-electron chi connectivity index (χ3n) is 2.93. The molecule has 0 aromatic rings. The van der Waals surface area contributed by atoms with Gasteiger partial charge in [-0.05, 0) is 20.3 Å². The zero-order chi connectivity index (χ0) is 15.3. The molecular formula is C13H23N3O4. The molecule has 1 unspecified atom stereocenters. The van der Waals surface area contributed by atoms with Gasteiger partial charge in [0.2, 0.25) is 5.91 Å². The molecule has 1 saturated heterocycles. The Hall–Kier alpha value is -1.63. The molecule has 0 aromatic carbocycles. The molecule has 114 valence electrons. The summed E-state index contributed by atoms with van der Waals surface area (Å²) in [6.45, 7) is 6.27. The van der Waals surface area contributed by atoms with Crippen LogP contribution in [0, 0.1) is 0 Å². The fourth-order valence-corrected chi connectivity index (χ4v) is 2.16. The van der Waals surface area contributed by atoms with Crippen LogP contribution in [0.2, 0.25) is 0 Å². The molecule has 7 heteroatoms. The predicted molar refractivity (Wildman–Crippen MR) is 73.0 cm³/mol. The number of ether oxygens (including phenoxy) is 1. The van der Waals surface area contributed by atoms with Gasteiger partial charge >= 0.3 is 6.03 Å². The van der Waals surface area contributed by atoms with Crippen LogP contribution in [-0.2, 0) is 14.3 Å². The lowest BCUT2D eigenvalue weighted by Crippen LogP contribution is -2.48. The maximum Gasteiger partial charge on any atom is 0.324 e. The van der Waals surface area contributed by atoms with Crippen molar-refractivity contribution in [3.05, 3.63) is 0 Å². The first-order valence-electron chi connectivity index (χ1n) is 6.72. The molecule has 7 nitrogen and oxygen atoms in total. The standard InChI is InChI=1S/C13H23N3O4/c1-5-6-16-11(18)9(14-12(16)19)7-10(17)15-13(2,3)8-20-4/h9H,5-8H2,1-4H3,(H,14,19)(H,15,17). The van der Waals surface area contributed by atoms with Crippen molar-refractivity contribution >= 4 is 17.8 Å². The Morgan fingerprint density at radius 1 is 1.45 bits per heavy atom. The fourth-order valence-electron chi connectivity index (χ4n) is 2.16. The minimum Gasteiger partial charge on any atom is -0.382 e. The van der Waals surface area contributed by atoms with Crippen LogP contribution in [0.25, 0.3) is 0 Å². The van der Waals surface area contributed by atoms with Gasteiger partial charge in [0, 0.05) is 13.7 Å². The summed E-state index contributed by atoms with van der Waals surface area (Å²) in [5, 5.41) is 5.31. The summed E-state index contributed by atoms with van der Waals surface area (Å²) in [6.07, 6.45) is 0.636. The van der Waals surface area contributed by atoms with E-state index in [4.69, 9.17) is 4.74 Å². The molecule has 1 aliphatic rings. The topological polar surface area (TPSA) is 87.7 Å². The molecule has 1 aliphatic heterocycles. The van der Waals surface area contributed by atoms with Gasteiger partial charge in [-0.2, -0.15) is 0 Å². The fraction of sp³-hybridized carbons (Fsp3) is 0.769. The molecule has 0 saturated carbocycles. The maximum absolute atomic E-state index is 12.0. The lowest BCUT2D eigenvalue weighted by atomic mass is 10.1. The van der Waals surface area contributed by atoms with Crippen molar-refractivity contribution < 1.29 is 19.1 Å². The minimum atomic E-state index is -0.771. The van der Waals surface area contributed by atoms with Gasteiger partial charge in [0.1, 0.15) is 6.04 Å². The first-order chi connectivity index (χ1) is 9.30. The second kappa shape index (κ2) is 6.69. The SMILES string of the molecule is CCCN1C(=O)NC(CC(=O)NC(C)(C)COC)C1=O. The van der Waals surface area contributed by atoms with Gasteiger partial charge in [-0.1, -0.05) is 6.92 Å². The van der Waals surface area contributed by atoms with E-state index in [-0.39, 0.29) is 18.2 Å². The highest BCUT2D eigenvalue weighted by Gasteiger charge is 2.38. The smallest absolute Gasteiger partial charge is 0.324 e. The van der Waals surface area contributed by atoms with Crippen LogP contribution in [-0.4, -0.2) is 54.6 Å². The van der Waals surface area contributed by atoms with Crippen molar-refractivity contribution in [1.82, 2.24) is 15.5 Å². The highest BCUT2D eigenvalue weighted by molar-refractivity contribution is 6.05. The van der Waals surface area contributed by atoms with Crippen LogP contribution >= 0.6 is 0 Å². The summed E-state index contributed by atoms with van der Waals surface area (Å²) in [6, 6.07) is -1.20. The predicted octanol–water partition coefficient (Wildman–Crippen LogP) is 0.248. The molecule has 1 rings (SSSR count). The number of hydrogen-bond acceptors (Lipinski definition) is 4. The van der Waals surface area contributed by atoms with Crippen LogP contribution in [0.1, 0.15) is 33.6 Å². The Morgan fingerprint density at radius 2 is 2.10 bits per heavy atom. The van der Waals surface area contributed by atoms with Crippen molar-refractivity contribution in [2.24, 2.45) is 0 Å². The van der Waals surface area contributed by atoms with E-state index in [9.17, 15) is 14.4 Å². The third kappa shape index (κ3) is 4.19. The van der Waals surface area contributed by atoms with Gasteiger partial charge in [-0.15, -0.1) is 0 Å². The largest absolute Gasteiger partial charge is 0.382 e. The van der Waals surface area contributed by atoms with Gasteiger partial charge in [0.15, 0.2) is 0 Å². The van der Waals surface area contributed by atoms with Crippen molar-refractivity contribution in [3.63, 3.8) is 0 Å². The lowest BCUT2D eigenvalue weighted by molar-refractivity contribution is -0.131. The van der Waals surface area contributed by atoms with Gasteiger partial charge < -0.3 is 15.4 Å². The van der Waals surface area contributed by atoms with E-state index < -0.39 is 17.6 Å². The van der Waals surface area contributed by atoms with Crippen LogP contribution < -0.4 is 10.6 Å². The lowest BCUT2D eigenvalue weighted by Gasteiger charge is -2.25. The molecule has 1 fully saturated rings. The Morgan fingerprint density at radius 3 is 2.65 bits per heavy atom. The van der Waals surface area contributed by atoms with Crippen LogP contribution in [0.4, 0.5) is 4.79 Å². The Bertz CT molecular complexity index is 395. The minimum absolute atomic E-state index is 0.0576. The molecule has 0 spiro atoms. The van der Waals surface area contributed by atoms with Crippen molar-refractivity contribution in [2.75, 3.05) is 20.3 Å². The molecule has 1 heterocycles. The third-order valence-corrected chi connectivity index (χ3v) is 2.93. The number of rotatable bonds is 7. The molecule has 0 aromatic heterocycles. The van der Waals surface area contributed by atoms with E-state index in [0.29, 0.717) is 19.6 Å². The first-order valence-corrected chi connectivity index (χ1v) is 6.72. The first kappa shape index (κ1) is 16.4. The Labute approximate surface area is 119 Å². The summed E-state index contributed by atoms with van der Waals surface area (Å²) in [5.41, 5.74) is -0.513. The normalized spacial score (nSPS) is 19.2. The van der Waals surface area contributed by atoms with E-state index in [2.05, 4.69) is 10.6 Å². The average molecular weight is 285 g/mol. The summed E-state index contributed by atoms with van der Waals surface area (Å²) < 4.78 is 5.01. The van der Waals surface area contributed by atoms with Gasteiger partial charge in [-0.3, -0.25) is 14.5 Å². The molecule has 0 radical (unpaired) electrons. The monoisotopic (exact) mass is 285 g/mol. The molecule has 0 bridgehead atoms. The quantitative estimate of drug-likeness (QED) is 0.656. The Balaban J connectivity index is 2.55. The average Bonchev–Trinajstić information content (AvgIpc) is 2.56. The molecule has 20 heavy (non-hydrogen) atoms. The number of hydrogen-bond donors (Lipinski definition) is 2. The molecular weight excluding hydrogens is 262 g/mol. The van der Waals surface area contributed by atoms with Crippen LogP contribution in [0.15, 0.2) is 0 Å². The number of nitrogens with one attached hydrogen (secondary N) is 2. The molecule has 0 aliphatic carbocycles. The zero-order valence-electron chi connectivity index (χ0n) is 12.5. The van der Waals surface area contributed by atoms with E-state index in [1.807, 2.05) is 20.8 Å². The summed E-state index contributed by atoms with van der Waals surface area (Å²) >= 11 is 0. The van der Waals surface area contributed by atoms with Crippen molar-refractivity contribution in [1.29, 1.82) is 0 Å². The maximum atomic E-state index is 12.0. The van der Waals surface area contributed by atoms with Crippen LogP contribution in [0.3, 0.4) is 0 Å². The summed E-state index contributed by atoms with van der Waals surface area (Å²) in [7, 11) is 1.55. The van der Waals surface area contributed by atoms with Gasteiger partial charge in [-0.25, -0.2) is 4.79 Å². The number of carbonyl (C=O) groups excluding carboxylic acids is 3. The molecule has 1 atom stereocenters. The summed E-state index contributed by atoms with van der Waals surface area (Å²) in [4.78, 5) is 36.6.